The molecule has 4 N–H and O–H groups in total. The Labute approximate surface area is 129 Å². The Kier molecular flexibility index (Phi) is 4.54. The van der Waals surface area contributed by atoms with Crippen LogP contribution in [0.4, 0.5) is 5.69 Å². The number of anilines is 1. The van der Waals surface area contributed by atoms with Crippen LogP contribution in [0, 0.1) is 5.41 Å². The van der Waals surface area contributed by atoms with Crippen LogP contribution in [-0.4, -0.2) is 23.7 Å². The van der Waals surface area contributed by atoms with E-state index in [-0.39, 0.29) is 24.0 Å². The van der Waals surface area contributed by atoms with Crippen molar-refractivity contribution in [3.8, 4) is 0 Å². The lowest BCUT2D eigenvalue weighted by Crippen LogP contribution is -2.44. The van der Waals surface area contributed by atoms with Crippen LogP contribution in [0.15, 0.2) is 24.3 Å². The number of thiophene rings is 1. The Morgan fingerprint density at radius 2 is 2.05 bits per heavy atom. The van der Waals surface area contributed by atoms with E-state index in [9.17, 15) is 9.90 Å². The molecule has 2 aromatic rings. The average Bonchev–Trinajstić information content (AvgIpc) is 2.75. The third kappa shape index (κ3) is 3.36. The highest BCUT2D eigenvalue weighted by molar-refractivity contribution is 7.21. The number of amides is 1. The van der Waals surface area contributed by atoms with Gasteiger partial charge in [-0.1, -0.05) is 39.0 Å². The highest BCUT2D eigenvalue weighted by atomic mass is 32.1. The summed E-state index contributed by atoms with van der Waals surface area (Å²) in [6.07, 6.45) is 0.528. The number of hydrogen-bond acceptors (Lipinski definition) is 4. The van der Waals surface area contributed by atoms with Gasteiger partial charge in [0.2, 0.25) is 0 Å². The third-order valence-corrected chi connectivity index (χ3v) is 4.79. The van der Waals surface area contributed by atoms with E-state index in [4.69, 9.17) is 5.73 Å². The molecule has 2 rings (SSSR count). The molecule has 4 nitrogen and oxygen atoms in total. The molecular weight excluding hydrogens is 284 g/mol. The maximum atomic E-state index is 12.5. The third-order valence-electron chi connectivity index (χ3n) is 3.61. The monoisotopic (exact) mass is 306 g/mol. The predicted octanol–water partition coefficient (Wildman–Crippen LogP) is 3.01. The molecular formula is C16H22N2O2S. The van der Waals surface area contributed by atoms with Crippen molar-refractivity contribution in [1.82, 2.24) is 5.32 Å². The molecule has 114 valence electrons. The number of aliphatic hydroxyl groups is 1. The van der Waals surface area contributed by atoms with Crippen molar-refractivity contribution < 1.29 is 9.90 Å². The Morgan fingerprint density at radius 3 is 2.62 bits per heavy atom. The number of aliphatic hydroxyl groups excluding tert-OH is 1. The number of carbonyl (C=O) groups is 1. The van der Waals surface area contributed by atoms with Crippen LogP contribution in [0.25, 0.3) is 10.1 Å². The first-order valence-corrected chi connectivity index (χ1v) is 7.85. The van der Waals surface area contributed by atoms with E-state index in [1.165, 1.54) is 11.3 Å². The molecule has 0 aliphatic heterocycles. The standard InChI is InChI=1S/C16H22N2O2S/c1-16(2,3)12(8-9-19)18-15(20)14-13(17)10-6-4-5-7-11(10)21-14/h4-7,12,19H,8-9,17H2,1-3H3,(H,18,20). The van der Waals surface area contributed by atoms with Gasteiger partial charge in [-0.05, 0) is 17.9 Å². The zero-order valence-electron chi connectivity index (χ0n) is 12.6. The van der Waals surface area contributed by atoms with Gasteiger partial charge in [0.15, 0.2) is 0 Å². The van der Waals surface area contributed by atoms with Crippen molar-refractivity contribution in [2.75, 3.05) is 12.3 Å². The fourth-order valence-corrected chi connectivity index (χ4v) is 3.33. The summed E-state index contributed by atoms with van der Waals surface area (Å²) in [5.74, 6) is -0.165. The van der Waals surface area contributed by atoms with Gasteiger partial charge < -0.3 is 16.2 Å². The summed E-state index contributed by atoms with van der Waals surface area (Å²) in [6.45, 7) is 6.18. The Hall–Kier alpha value is -1.59. The highest BCUT2D eigenvalue weighted by Crippen LogP contribution is 2.33. The van der Waals surface area contributed by atoms with Crippen LogP contribution in [0.3, 0.4) is 0 Å². The molecule has 21 heavy (non-hydrogen) atoms. The van der Waals surface area contributed by atoms with Crippen molar-refractivity contribution in [3.05, 3.63) is 29.1 Å². The molecule has 0 saturated heterocycles. The van der Waals surface area contributed by atoms with Gasteiger partial charge in [0.05, 0.1) is 5.69 Å². The molecule has 0 saturated carbocycles. The molecule has 0 aliphatic rings. The molecule has 1 heterocycles. The van der Waals surface area contributed by atoms with Gasteiger partial charge in [0.25, 0.3) is 5.91 Å². The van der Waals surface area contributed by atoms with Gasteiger partial charge in [-0.25, -0.2) is 0 Å². The van der Waals surface area contributed by atoms with E-state index in [0.717, 1.165) is 10.1 Å². The molecule has 0 bridgehead atoms. The minimum Gasteiger partial charge on any atom is -0.397 e. The first-order chi connectivity index (χ1) is 9.84. The fourth-order valence-electron chi connectivity index (χ4n) is 2.31. The van der Waals surface area contributed by atoms with E-state index in [2.05, 4.69) is 5.32 Å². The lowest BCUT2D eigenvalue weighted by molar-refractivity contribution is 0.0890. The molecule has 5 heteroatoms. The number of benzene rings is 1. The average molecular weight is 306 g/mol. The second-order valence-corrected chi connectivity index (χ2v) is 7.30. The van der Waals surface area contributed by atoms with E-state index in [0.29, 0.717) is 17.0 Å². The first kappa shape index (κ1) is 15.8. The lowest BCUT2D eigenvalue weighted by atomic mass is 9.85. The molecule has 1 amide bonds. The smallest absolute Gasteiger partial charge is 0.263 e. The highest BCUT2D eigenvalue weighted by Gasteiger charge is 2.27. The minimum absolute atomic E-state index is 0.0457. The molecule has 0 aliphatic carbocycles. The summed E-state index contributed by atoms with van der Waals surface area (Å²) in [4.78, 5) is 13.0. The van der Waals surface area contributed by atoms with E-state index in [1.807, 2.05) is 45.0 Å². The molecule has 0 fully saturated rings. The van der Waals surface area contributed by atoms with Crippen molar-refractivity contribution >= 4 is 33.0 Å². The van der Waals surface area contributed by atoms with Gasteiger partial charge >= 0.3 is 0 Å². The topological polar surface area (TPSA) is 75.3 Å². The summed E-state index contributed by atoms with van der Waals surface area (Å²) < 4.78 is 1.01. The summed E-state index contributed by atoms with van der Waals surface area (Å²) in [7, 11) is 0. The molecule has 0 spiro atoms. The number of nitrogens with two attached hydrogens (primary N) is 1. The van der Waals surface area contributed by atoms with Gasteiger partial charge in [-0.15, -0.1) is 11.3 Å². The zero-order chi connectivity index (χ0) is 15.6. The quantitative estimate of drug-likeness (QED) is 0.813. The number of nitrogen functional groups attached to an aromatic ring is 1. The van der Waals surface area contributed by atoms with E-state index in [1.54, 1.807) is 0 Å². The fraction of sp³-hybridized carbons (Fsp3) is 0.438. The number of fused-ring (bicyclic) bond motifs is 1. The zero-order valence-corrected chi connectivity index (χ0v) is 13.5. The van der Waals surface area contributed by atoms with Gasteiger partial charge in [0, 0.05) is 22.7 Å². The number of hydrogen-bond donors (Lipinski definition) is 3. The minimum atomic E-state index is -0.165. The number of carbonyl (C=O) groups excluding carboxylic acids is 1. The predicted molar refractivity (Wildman–Crippen MR) is 88.6 cm³/mol. The second-order valence-electron chi connectivity index (χ2n) is 6.25. The maximum Gasteiger partial charge on any atom is 0.263 e. The van der Waals surface area contributed by atoms with Crippen LogP contribution in [0.1, 0.15) is 36.9 Å². The Balaban J connectivity index is 2.27. The van der Waals surface area contributed by atoms with Crippen molar-refractivity contribution in [1.29, 1.82) is 0 Å². The Morgan fingerprint density at radius 1 is 1.38 bits per heavy atom. The molecule has 1 aromatic heterocycles. The van der Waals surface area contributed by atoms with Crippen molar-refractivity contribution in [3.63, 3.8) is 0 Å². The SMILES string of the molecule is CC(C)(C)C(CCO)NC(=O)c1sc2ccccc2c1N. The van der Waals surface area contributed by atoms with Crippen LogP contribution in [0.5, 0.6) is 0 Å². The first-order valence-electron chi connectivity index (χ1n) is 7.03. The van der Waals surface area contributed by atoms with Crippen LogP contribution >= 0.6 is 11.3 Å². The molecule has 1 aromatic carbocycles. The van der Waals surface area contributed by atoms with Gasteiger partial charge in [-0.2, -0.15) is 0 Å². The summed E-state index contributed by atoms with van der Waals surface area (Å²) >= 11 is 1.40. The summed E-state index contributed by atoms with van der Waals surface area (Å²) in [5.41, 5.74) is 6.51. The normalized spacial score (nSPS) is 13.3. The lowest BCUT2D eigenvalue weighted by Gasteiger charge is -2.31. The van der Waals surface area contributed by atoms with Gasteiger partial charge in [-0.3, -0.25) is 4.79 Å². The van der Waals surface area contributed by atoms with Crippen LogP contribution in [0.2, 0.25) is 0 Å². The maximum absolute atomic E-state index is 12.5. The van der Waals surface area contributed by atoms with Gasteiger partial charge in [0.1, 0.15) is 4.88 Å². The van der Waals surface area contributed by atoms with Crippen LogP contribution in [-0.2, 0) is 0 Å². The largest absolute Gasteiger partial charge is 0.397 e. The molecule has 1 unspecified atom stereocenters. The van der Waals surface area contributed by atoms with E-state index < -0.39 is 0 Å². The second kappa shape index (κ2) is 6.03. The molecule has 1 atom stereocenters. The Bertz CT molecular complexity index is 643. The van der Waals surface area contributed by atoms with Crippen LogP contribution < -0.4 is 11.1 Å². The summed E-state index contributed by atoms with van der Waals surface area (Å²) in [6, 6.07) is 7.63. The van der Waals surface area contributed by atoms with Crippen molar-refractivity contribution in [2.24, 2.45) is 5.41 Å². The number of nitrogens with one attached hydrogen (secondary N) is 1. The molecule has 0 radical (unpaired) electrons. The van der Waals surface area contributed by atoms with E-state index >= 15 is 0 Å². The number of rotatable bonds is 4. The van der Waals surface area contributed by atoms with Crippen molar-refractivity contribution in [2.45, 2.75) is 33.2 Å². The summed E-state index contributed by atoms with van der Waals surface area (Å²) in [5, 5.41) is 13.1.